The third kappa shape index (κ3) is 2.76. The molecule has 2 aromatic heterocycles. The number of aliphatic hydroxyl groups is 1. The lowest BCUT2D eigenvalue weighted by molar-refractivity contribution is 0.0587. The van der Waals surface area contributed by atoms with Gasteiger partial charge in [-0.1, -0.05) is 6.92 Å². The number of methoxy groups -OCH3 is 1. The number of aromatic nitrogens is 4. The van der Waals surface area contributed by atoms with Crippen molar-refractivity contribution in [3.05, 3.63) is 36.2 Å². The minimum atomic E-state index is -0.593. The average molecular weight is 262 g/mol. The number of hydrogen-bond donors (Lipinski definition) is 1. The van der Waals surface area contributed by atoms with Gasteiger partial charge in [0.2, 0.25) is 0 Å². The van der Waals surface area contributed by atoms with Crippen molar-refractivity contribution in [3.63, 3.8) is 0 Å². The number of aliphatic hydroxyl groups excluding tert-OH is 1. The highest BCUT2D eigenvalue weighted by Crippen LogP contribution is 2.14. The number of pyridine rings is 1. The summed E-state index contributed by atoms with van der Waals surface area (Å²) in [5, 5.41) is 13.6. The minimum absolute atomic E-state index is 0.0137. The third-order valence-electron chi connectivity index (χ3n) is 2.62. The van der Waals surface area contributed by atoms with Crippen molar-refractivity contribution in [3.8, 4) is 5.69 Å². The summed E-state index contributed by atoms with van der Waals surface area (Å²) in [4.78, 5) is 19.2. The molecule has 100 valence electrons. The maximum absolute atomic E-state index is 11.2. The van der Waals surface area contributed by atoms with Crippen molar-refractivity contribution < 1.29 is 14.6 Å². The molecule has 0 spiro atoms. The first kappa shape index (κ1) is 13.2. The molecule has 0 aliphatic rings. The molecule has 19 heavy (non-hydrogen) atoms. The molecule has 0 aliphatic carbocycles. The smallest absolute Gasteiger partial charge is 0.377 e. The van der Waals surface area contributed by atoms with Crippen molar-refractivity contribution in [2.45, 2.75) is 19.4 Å². The first-order valence-corrected chi connectivity index (χ1v) is 5.80. The summed E-state index contributed by atoms with van der Waals surface area (Å²) >= 11 is 0. The first-order valence-electron chi connectivity index (χ1n) is 5.80. The van der Waals surface area contributed by atoms with E-state index >= 15 is 0 Å². The van der Waals surface area contributed by atoms with Gasteiger partial charge in [0.15, 0.2) is 0 Å². The summed E-state index contributed by atoms with van der Waals surface area (Å²) in [6, 6.07) is 3.46. The molecule has 0 saturated heterocycles. The van der Waals surface area contributed by atoms with Gasteiger partial charge in [-0.15, -0.1) is 5.10 Å². The van der Waals surface area contributed by atoms with Gasteiger partial charge in [-0.25, -0.2) is 14.5 Å². The fourth-order valence-corrected chi connectivity index (χ4v) is 1.51. The van der Waals surface area contributed by atoms with E-state index in [-0.39, 0.29) is 5.82 Å². The molecule has 0 aromatic carbocycles. The molecule has 2 rings (SSSR count). The number of nitrogens with zero attached hydrogens (tertiary/aromatic N) is 4. The molecule has 7 heteroatoms. The Bertz CT molecular complexity index is 565. The van der Waals surface area contributed by atoms with Crippen LogP contribution in [0.1, 0.15) is 35.8 Å². The van der Waals surface area contributed by atoms with Gasteiger partial charge in [0.1, 0.15) is 6.33 Å². The van der Waals surface area contributed by atoms with Gasteiger partial charge in [-0.3, -0.25) is 4.98 Å². The van der Waals surface area contributed by atoms with E-state index in [0.29, 0.717) is 17.8 Å². The highest BCUT2D eigenvalue weighted by molar-refractivity contribution is 5.84. The van der Waals surface area contributed by atoms with E-state index in [0.717, 1.165) is 0 Å². The quantitative estimate of drug-likeness (QED) is 0.823. The minimum Gasteiger partial charge on any atom is -0.463 e. The summed E-state index contributed by atoms with van der Waals surface area (Å²) in [7, 11) is 1.27. The van der Waals surface area contributed by atoms with Crippen LogP contribution in [-0.4, -0.2) is 37.9 Å². The second-order valence-corrected chi connectivity index (χ2v) is 3.87. The second-order valence-electron chi connectivity index (χ2n) is 3.87. The fraction of sp³-hybridized carbons (Fsp3) is 0.333. The van der Waals surface area contributed by atoms with Gasteiger partial charge in [0, 0.05) is 0 Å². The topological polar surface area (TPSA) is 90.1 Å². The van der Waals surface area contributed by atoms with Gasteiger partial charge in [-0.2, -0.15) is 0 Å². The van der Waals surface area contributed by atoms with E-state index in [4.69, 9.17) is 0 Å². The lowest BCUT2D eigenvalue weighted by Gasteiger charge is -2.07. The van der Waals surface area contributed by atoms with Gasteiger partial charge in [0.05, 0.1) is 30.8 Å². The summed E-state index contributed by atoms with van der Waals surface area (Å²) in [6.45, 7) is 1.88. The Morgan fingerprint density at radius 2 is 2.26 bits per heavy atom. The first-order chi connectivity index (χ1) is 9.15. The molecule has 0 saturated carbocycles. The van der Waals surface area contributed by atoms with Crippen molar-refractivity contribution >= 4 is 5.97 Å². The van der Waals surface area contributed by atoms with Crippen molar-refractivity contribution in [1.29, 1.82) is 0 Å². The average Bonchev–Trinajstić information content (AvgIpc) is 2.95. The number of rotatable bonds is 4. The summed E-state index contributed by atoms with van der Waals surface area (Å²) in [6.07, 6.45) is 2.99. The Balaban J connectivity index is 2.22. The molecule has 0 bridgehead atoms. The van der Waals surface area contributed by atoms with Crippen LogP contribution in [0.25, 0.3) is 5.69 Å². The van der Waals surface area contributed by atoms with E-state index in [2.05, 4.69) is 19.8 Å². The largest absolute Gasteiger partial charge is 0.463 e. The van der Waals surface area contributed by atoms with Crippen LogP contribution in [0.2, 0.25) is 0 Å². The SMILES string of the molecule is CC[C@H](O)c1ccc(-n2cnc(C(=O)OC)n2)cn1. The molecule has 0 fully saturated rings. The third-order valence-corrected chi connectivity index (χ3v) is 2.62. The number of hydrogen-bond acceptors (Lipinski definition) is 6. The van der Waals surface area contributed by atoms with Crippen LogP contribution in [0, 0.1) is 0 Å². The molecule has 1 atom stereocenters. The standard InChI is InChI=1S/C12H14N4O3/c1-3-10(17)9-5-4-8(6-13-9)16-7-14-11(15-16)12(18)19-2/h4-7,10,17H,3H2,1-2H3/t10-/m0/s1. The highest BCUT2D eigenvalue weighted by Gasteiger charge is 2.12. The number of carbonyl (C=O) groups is 1. The molecule has 1 N–H and O–H groups in total. The van der Waals surface area contributed by atoms with E-state index in [9.17, 15) is 9.90 Å². The van der Waals surface area contributed by atoms with E-state index in [1.807, 2.05) is 6.92 Å². The molecule has 0 amide bonds. The lowest BCUT2D eigenvalue weighted by atomic mass is 10.2. The Kier molecular flexibility index (Phi) is 3.86. The van der Waals surface area contributed by atoms with E-state index < -0.39 is 12.1 Å². The Morgan fingerprint density at radius 1 is 1.47 bits per heavy atom. The van der Waals surface area contributed by atoms with Gasteiger partial charge in [0.25, 0.3) is 5.82 Å². The lowest BCUT2D eigenvalue weighted by Crippen LogP contribution is -2.05. The normalized spacial score (nSPS) is 12.2. The van der Waals surface area contributed by atoms with Crippen molar-refractivity contribution in [1.82, 2.24) is 19.7 Å². The van der Waals surface area contributed by atoms with Crippen LogP contribution in [0.3, 0.4) is 0 Å². The zero-order chi connectivity index (χ0) is 13.8. The number of esters is 1. The van der Waals surface area contributed by atoms with Crippen molar-refractivity contribution in [2.24, 2.45) is 0 Å². The van der Waals surface area contributed by atoms with Crippen LogP contribution in [0.15, 0.2) is 24.7 Å². The van der Waals surface area contributed by atoms with Crippen LogP contribution >= 0.6 is 0 Å². The summed E-state index contributed by atoms with van der Waals surface area (Å²) < 4.78 is 5.94. The summed E-state index contributed by atoms with van der Waals surface area (Å²) in [5.41, 5.74) is 1.24. The van der Waals surface area contributed by atoms with Crippen LogP contribution < -0.4 is 0 Å². The van der Waals surface area contributed by atoms with E-state index in [1.165, 1.54) is 18.1 Å². The van der Waals surface area contributed by atoms with E-state index in [1.54, 1.807) is 18.3 Å². The Hall–Kier alpha value is -2.28. The molecule has 0 radical (unpaired) electrons. The molecule has 2 heterocycles. The molecular weight excluding hydrogens is 248 g/mol. The zero-order valence-corrected chi connectivity index (χ0v) is 10.6. The monoisotopic (exact) mass is 262 g/mol. The van der Waals surface area contributed by atoms with Gasteiger partial charge < -0.3 is 9.84 Å². The highest BCUT2D eigenvalue weighted by atomic mass is 16.5. The summed E-state index contributed by atoms with van der Waals surface area (Å²) in [5.74, 6) is -0.607. The van der Waals surface area contributed by atoms with Crippen LogP contribution in [0.5, 0.6) is 0 Å². The molecule has 0 unspecified atom stereocenters. The second kappa shape index (κ2) is 5.57. The molecule has 0 aliphatic heterocycles. The Labute approximate surface area is 109 Å². The van der Waals surface area contributed by atoms with Crippen LogP contribution in [0.4, 0.5) is 0 Å². The molecule has 7 nitrogen and oxygen atoms in total. The fourth-order valence-electron chi connectivity index (χ4n) is 1.51. The maximum atomic E-state index is 11.2. The molecule has 2 aromatic rings. The van der Waals surface area contributed by atoms with Gasteiger partial charge >= 0.3 is 5.97 Å². The predicted octanol–water partition coefficient (Wildman–Crippen LogP) is 0.892. The zero-order valence-electron chi connectivity index (χ0n) is 10.6. The predicted molar refractivity (Wildman–Crippen MR) is 65.7 cm³/mol. The molecular formula is C12H14N4O3. The number of carbonyl (C=O) groups excluding carboxylic acids is 1. The number of ether oxygens (including phenoxy) is 1. The maximum Gasteiger partial charge on any atom is 0.377 e. The van der Waals surface area contributed by atoms with Gasteiger partial charge in [-0.05, 0) is 18.6 Å². The van der Waals surface area contributed by atoms with Crippen LogP contribution in [-0.2, 0) is 4.74 Å². The Morgan fingerprint density at radius 3 is 2.84 bits per heavy atom. The van der Waals surface area contributed by atoms with Crippen molar-refractivity contribution in [2.75, 3.05) is 7.11 Å².